The van der Waals surface area contributed by atoms with E-state index in [2.05, 4.69) is 27.3 Å². The molecule has 0 aliphatic carbocycles. The van der Waals surface area contributed by atoms with Gasteiger partial charge in [0.2, 0.25) is 5.91 Å². The molecule has 0 bridgehead atoms. The summed E-state index contributed by atoms with van der Waals surface area (Å²) in [4.78, 5) is 18.8. The molecule has 1 fully saturated rings. The van der Waals surface area contributed by atoms with Gasteiger partial charge >= 0.3 is 0 Å². The maximum atomic E-state index is 12.1. The molecule has 1 saturated heterocycles. The fourth-order valence-corrected chi connectivity index (χ4v) is 3.52. The highest BCUT2D eigenvalue weighted by Crippen LogP contribution is 2.21. The number of ether oxygens (including phenoxy) is 2. The number of hydrogen-bond donors (Lipinski definition) is 1. The number of morpholine rings is 1. The van der Waals surface area contributed by atoms with Crippen LogP contribution in [0, 0.1) is 0 Å². The number of nitrogens with zero attached hydrogens (tertiary/aromatic N) is 3. The second-order valence-corrected chi connectivity index (χ2v) is 7.30. The van der Waals surface area contributed by atoms with Gasteiger partial charge < -0.3 is 14.4 Å². The van der Waals surface area contributed by atoms with Crippen molar-refractivity contribution in [2.24, 2.45) is 5.10 Å². The molecule has 0 radical (unpaired) electrons. The number of benzene rings is 1. The van der Waals surface area contributed by atoms with Gasteiger partial charge in [0.25, 0.3) is 0 Å². The Morgan fingerprint density at radius 3 is 2.89 bits per heavy atom. The molecule has 1 aromatic heterocycles. The van der Waals surface area contributed by atoms with Gasteiger partial charge in [-0.05, 0) is 36.2 Å². The largest absolute Gasteiger partial charge is 0.494 e. The number of thiazole rings is 1. The third kappa shape index (κ3) is 6.31. The maximum Gasteiger partial charge on any atom is 0.246 e. The summed E-state index contributed by atoms with van der Waals surface area (Å²) in [6.07, 6.45) is 3.98. The van der Waals surface area contributed by atoms with Gasteiger partial charge in [0, 0.05) is 18.5 Å². The molecule has 28 heavy (non-hydrogen) atoms. The van der Waals surface area contributed by atoms with E-state index in [4.69, 9.17) is 9.47 Å². The highest BCUT2D eigenvalue weighted by Gasteiger charge is 2.15. The van der Waals surface area contributed by atoms with Crippen LogP contribution in [-0.2, 0) is 16.0 Å². The molecule has 1 amide bonds. The molecule has 1 aliphatic rings. The third-order valence-corrected chi connectivity index (χ3v) is 5.16. The minimum Gasteiger partial charge on any atom is -0.494 e. The number of carbonyl (C=O) groups excluding carboxylic acids is 1. The molecule has 150 valence electrons. The fraction of sp³-hybridized carbons (Fsp3) is 0.450. The summed E-state index contributed by atoms with van der Waals surface area (Å²) >= 11 is 1.56. The van der Waals surface area contributed by atoms with Crippen LogP contribution in [0.25, 0.3) is 0 Å². The predicted octanol–water partition coefficient (Wildman–Crippen LogP) is 2.85. The van der Waals surface area contributed by atoms with Crippen LogP contribution in [-0.4, -0.2) is 50.0 Å². The van der Waals surface area contributed by atoms with E-state index in [0.717, 1.165) is 67.9 Å². The number of aromatic nitrogens is 1. The Morgan fingerprint density at radius 2 is 2.14 bits per heavy atom. The number of unbranched alkanes of at least 4 members (excludes halogenated alkanes) is 1. The third-order valence-electron chi connectivity index (χ3n) is 4.21. The second-order valence-electron chi connectivity index (χ2n) is 6.46. The van der Waals surface area contributed by atoms with E-state index in [-0.39, 0.29) is 12.3 Å². The summed E-state index contributed by atoms with van der Waals surface area (Å²) < 4.78 is 11.0. The van der Waals surface area contributed by atoms with Gasteiger partial charge in [0.15, 0.2) is 5.13 Å². The predicted molar refractivity (Wildman–Crippen MR) is 111 cm³/mol. The number of amides is 1. The molecule has 1 N–H and O–H groups in total. The summed E-state index contributed by atoms with van der Waals surface area (Å²) in [6, 6.07) is 7.63. The first kappa shape index (κ1) is 20.3. The molecule has 7 nitrogen and oxygen atoms in total. The van der Waals surface area contributed by atoms with E-state index >= 15 is 0 Å². The van der Waals surface area contributed by atoms with Crippen molar-refractivity contribution in [1.29, 1.82) is 0 Å². The Kier molecular flexibility index (Phi) is 7.81. The lowest BCUT2D eigenvalue weighted by atomic mass is 10.2. The molecular formula is C20H26N4O3S. The van der Waals surface area contributed by atoms with Crippen LogP contribution in [0.2, 0.25) is 0 Å². The van der Waals surface area contributed by atoms with Gasteiger partial charge in [-0.3, -0.25) is 4.79 Å². The number of anilines is 1. The van der Waals surface area contributed by atoms with E-state index < -0.39 is 0 Å². The number of carbonyl (C=O) groups is 1. The molecule has 2 heterocycles. The lowest BCUT2D eigenvalue weighted by Gasteiger charge is -2.26. The van der Waals surface area contributed by atoms with Gasteiger partial charge in [0.1, 0.15) is 5.75 Å². The first-order valence-corrected chi connectivity index (χ1v) is 10.4. The van der Waals surface area contributed by atoms with Gasteiger partial charge in [-0.2, -0.15) is 5.10 Å². The zero-order valence-electron chi connectivity index (χ0n) is 16.1. The maximum absolute atomic E-state index is 12.1. The first-order valence-electron chi connectivity index (χ1n) is 9.56. The van der Waals surface area contributed by atoms with E-state index in [1.807, 2.05) is 29.6 Å². The lowest BCUT2D eigenvalue weighted by molar-refractivity contribution is -0.120. The average molecular weight is 403 g/mol. The van der Waals surface area contributed by atoms with Crippen molar-refractivity contribution in [1.82, 2.24) is 10.4 Å². The summed E-state index contributed by atoms with van der Waals surface area (Å²) in [5.41, 5.74) is 4.21. The molecule has 0 saturated carbocycles. The molecule has 1 aliphatic heterocycles. The summed E-state index contributed by atoms with van der Waals surface area (Å²) in [6.45, 7) is 5.97. The number of hydrogen-bond acceptors (Lipinski definition) is 7. The van der Waals surface area contributed by atoms with Crippen LogP contribution in [0.5, 0.6) is 5.75 Å². The zero-order valence-corrected chi connectivity index (χ0v) is 16.9. The minimum absolute atomic E-state index is 0.186. The number of rotatable bonds is 9. The Hall–Kier alpha value is -2.45. The van der Waals surface area contributed by atoms with Gasteiger partial charge in [0.05, 0.1) is 38.1 Å². The summed E-state index contributed by atoms with van der Waals surface area (Å²) in [5.74, 6) is 0.656. The molecule has 0 atom stereocenters. The van der Waals surface area contributed by atoms with Crippen LogP contribution in [0.3, 0.4) is 0 Å². The quantitative estimate of drug-likeness (QED) is 0.397. The van der Waals surface area contributed by atoms with Crippen molar-refractivity contribution in [2.45, 2.75) is 26.2 Å². The van der Waals surface area contributed by atoms with E-state index in [1.54, 1.807) is 17.6 Å². The average Bonchev–Trinajstić information content (AvgIpc) is 3.18. The molecule has 8 heteroatoms. The molecule has 3 rings (SSSR count). The Bertz CT molecular complexity index is 770. The number of hydrazone groups is 1. The van der Waals surface area contributed by atoms with E-state index in [0.29, 0.717) is 0 Å². The fourth-order valence-electron chi connectivity index (χ4n) is 2.64. The smallest absolute Gasteiger partial charge is 0.246 e. The van der Waals surface area contributed by atoms with Crippen molar-refractivity contribution >= 4 is 28.6 Å². The van der Waals surface area contributed by atoms with Crippen molar-refractivity contribution in [3.05, 3.63) is 40.9 Å². The van der Waals surface area contributed by atoms with Crippen molar-refractivity contribution in [2.75, 3.05) is 37.8 Å². The van der Waals surface area contributed by atoms with Crippen LogP contribution >= 0.6 is 11.3 Å². The van der Waals surface area contributed by atoms with Crippen molar-refractivity contribution < 1.29 is 14.3 Å². The Labute approximate surface area is 169 Å². The van der Waals surface area contributed by atoms with Gasteiger partial charge in [-0.1, -0.05) is 13.3 Å². The first-order chi connectivity index (χ1) is 13.7. The standard InChI is InChI=1S/C20H26N4O3S/c1-2-3-10-27-18-6-4-16(5-7-18)14-21-23-19(25)13-17-15-28-20(22-17)24-8-11-26-12-9-24/h4-7,14-15H,2-3,8-13H2,1H3,(H,23,25)/b21-14-. The Balaban J connectivity index is 1.43. The molecule has 0 unspecified atom stereocenters. The molecule has 0 spiro atoms. The van der Waals surface area contributed by atoms with Gasteiger partial charge in [-0.25, -0.2) is 10.4 Å². The highest BCUT2D eigenvalue weighted by molar-refractivity contribution is 7.13. The lowest BCUT2D eigenvalue weighted by Crippen LogP contribution is -2.36. The van der Waals surface area contributed by atoms with Crippen LogP contribution in [0.1, 0.15) is 31.0 Å². The van der Waals surface area contributed by atoms with Crippen LogP contribution in [0.4, 0.5) is 5.13 Å². The Morgan fingerprint density at radius 1 is 1.36 bits per heavy atom. The van der Waals surface area contributed by atoms with Gasteiger partial charge in [-0.15, -0.1) is 11.3 Å². The highest BCUT2D eigenvalue weighted by atomic mass is 32.1. The minimum atomic E-state index is -0.186. The van der Waals surface area contributed by atoms with Crippen molar-refractivity contribution in [3.8, 4) is 5.75 Å². The van der Waals surface area contributed by atoms with Crippen LogP contribution < -0.4 is 15.1 Å². The van der Waals surface area contributed by atoms with E-state index in [9.17, 15) is 4.79 Å². The SMILES string of the molecule is CCCCOc1ccc(/C=N\NC(=O)Cc2csc(N3CCOCC3)n2)cc1. The second kappa shape index (κ2) is 10.8. The molecule has 2 aromatic rings. The monoisotopic (exact) mass is 402 g/mol. The van der Waals surface area contributed by atoms with Crippen LogP contribution in [0.15, 0.2) is 34.7 Å². The van der Waals surface area contributed by atoms with E-state index in [1.165, 1.54) is 0 Å². The molecular weight excluding hydrogens is 376 g/mol. The number of nitrogens with one attached hydrogen (secondary N) is 1. The topological polar surface area (TPSA) is 76.0 Å². The molecule has 1 aromatic carbocycles. The zero-order chi connectivity index (χ0) is 19.6. The summed E-state index contributed by atoms with van der Waals surface area (Å²) in [7, 11) is 0. The summed E-state index contributed by atoms with van der Waals surface area (Å²) in [5, 5.41) is 6.89. The van der Waals surface area contributed by atoms with Crippen molar-refractivity contribution in [3.63, 3.8) is 0 Å². The normalized spacial score (nSPS) is 14.4.